The molecule has 0 bridgehead atoms. The number of carboxylic acids is 1. The second kappa shape index (κ2) is 4.11. The second-order valence-electron chi connectivity index (χ2n) is 6.35. The largest absolute Gasteiger partial charge is 0.478 e. The lowest BCUT2D eigenvalue weighted by Gasteiger charge is -2.10. The van der Waals surface area contributed by atoms with Crippen LogP contribution in [-0.2, 0) is 0 Å². The van der Waals surface area contributed by atoms with E-state index in [4.69, 9.17) is 10.8 Å². The lowest BCUT2D eigenvalue weighted by Crippen LogP contribution is -2.13. The summed E-state index contributed by atoms with van der Waals surface area (Å²) in [6.45, 7) is 9.64. The number of nitrogens with one attached hydrogen (secondary N) is 1. The topological polar surface area (TPSA) is 88.2 Å². The first kappa shape index (κ1) is 13.6. The molecule has 1 saturated carbocycles. The van der Waals surface area contributed by atoms with Crippen molar-refractivity contribution in [2.45, 2.75) is 27.7 Å². The van der Waals surface area contributed by atoms with Crippen LogP contribution < -0.4 is 11.1 Å². The van der Waals surface area contributed by atoms with E-state index in [2.05, 4.69) is 38.0 Å². The first-order valence-electron chi connectivity index (χ1n) is 6.40. The van der Waals surface area contributed by atoms with Gasteiger partial charge in [0, 0.05) is 6.54 Å². The van der Waals surface area contributed by atoms with Gasteiger partial charge >= 0.3 is 5.97 Å². The molecule has 4 N–H and O–H groups in total. The Morgan fingerprint density at radius 2 is 2.00 bits per heavy atom. The van der Waals surface area contributed by atoms with Crippen molar-refractivity contribution in [2.24, 2.45) is 16.7 Å². The summed E-state index contributed by atoms with van der Waals surface area (Å²) in [6, 6.07) is 1.43. The smallest absolute Gasteiger partial charge is 0.339 e. The number of carbonyl (C=O) groups is 1. The molecular weight excluding hydrogens is 242 g/mol. The normalized spacial score (nSPS) is 20.0. The van der Waals surface area contributed by atoms with E-state index < -0.39 is 5.97 Å². The summed E-state index contributed by atoms with van der Waals surface area (Å²) in [5.41, 5.74) is 6.57. The van der Waals surface area contributed by atoms with Gasteiger partial charge in [-0.15, -0.1) is 0 Å². The molecule has 19 heavy (non-hydrogen) atoms. The highest BCUT2D eigenvalue weighted by Gasteiger charge is 2.64. The van der Waals surface area contributed by atoms with Crippen LogP contribution in [0.5, 0.6) is 0 Å². The monoisotopic (exact) mass is 263 g/mol. The Hall–Kier alpha value is -1.78. The van der Waals surface area contributed by atoms with Crippen LogP contribution in [0.25, 0.3) is 0 Å². The quantitative estimate of drug-likeness (QED) is 0.776. The maximum absolute atomic E-state index is 11.2. The minimum absolute atomic E-state index is 0.122. The van der Waals surface area contributed by atoms with Crippen LogP contribution in [0.15, 0.2) is 12.3 Å². The SMILES string of the molecule is CC1(C)C(CNc2ncc(N)cc2C(=O)O)C1(C)C. The van der Waals surface area contributed by atoms with Crippen molar-refractivity contribution in [1.82, 2.24) is 4.98 Å². The lowest BCUT2D eigenvalue weighted by atomic mass is 10.0. The zero-order valence-corrected chi connectivity index (χ0v) is 11.8. The van der Waals surface area contributed by atoms with Crippen LogP contribution in [0.2, 0.25) is 0 Å². The Bertz CT molecular complexity index is 509. The molecule has 1 fully saturated rings. The van der Waals surface area contributed by atoms with Crippen LogP contribution in [-0.4, -0.2) is 22.6 Å². The molecule has 0 aliphatic heterocycles. The highest BCUT2D eigenvalue weighted by Crippen LogP contribution is 2.68. The number of pyridine rings is 1. The number of hydrogen-bond acceptors (Lipinski definition) is 4. The number of aromatic carboxylic acids is 1. The predicted octanol–water partition coefficient (Wildman–Crippen LogP) is 2.46. The van der Waals surface area contributed by atoms with Gasteiger partial charge in [0.05, 0.1) is 11.9 Å². The van der Waals surface area contributed by atoms with Crippen molar-refractivity contribution in [1.29, 1.82) is 0 Å². The van der Waals surface area contributed by atoms with E-state index in [-0.39, 0.29) is 16.4 Å². The summed E-state index contributed by atoms with van der Waals surface area (Å²) in [7, 11) is 0. The van der Waals surface area contributed by atoms with Crippen LogP contribution in [0.1, 0.15) is 38.1 Å². The Morgan fingerprint density at radius 3 is 2.47 bits per heavy atom. The summed E-state index contributed by atoms with van der Waals surface area (Å²) in [5.74, 6) is -0.127. The molecule has 1 aromatic rings. The van der Waals surface area contributed by atoms with Gasteiger partial charge in [-0.05, 0) is 22.8 Å². The summed E-state index contributed by atoms with van der Waals surface area (Å²) in [6.07, 6.45) is 1.47. The van der Waals surface area contributed by atoms with E-state index in [1.807, 2.05) is 0 Å². The first-order valence-corrected chi connectivity index (χ1v) is 6.40. The van der Waals surface area contributed by atoms with Crippen molar-refractivity contribution >= 4 is 17.5 Å². The highest BCUT2D eigenvalue weighted by atomic mass is 16.4. The zero-order chi connectivity index (χ0) is 14.4. The van der Waals surface area contributed by atoms with E-state index >= 15 is 0 Å². The molecule has 0 spiro atoms. The summed E-state index contributed by atoms with van der Waals surface area (Å²) in [4.78, 5) is 15.2. The van der Waals surface area contributed by atoms with Crippen molar-refractivity contribution in [2.75, 3.05) is 17.6 Å². The molecule has 0 unspecified atom stereocenters. The molecule has 5 nitrogen and oxygen atoms in total. The molecule has 5 heteroatoms. The number of nitrogen functional groups attached to an aromatic ring is 1. The Balaban J connectivity index is 2.11. The molecule has 1 aromatic heterocycles. The standard InChI is InChI=1S/C14H21N3O2/c1-13(2)10(14(13,3)4)7-17-11-9(12(18)19)5-8(15)6-16-11/h5-6,10H,7,15H2,1-4H3,(H,16,17)(H,18,19). The van der Waals surface area contributed by atoms with E-state index in [0.29, 0.717) is 17.4 Å². The number of nitrogens with zero attached hydrogens (tertiary/aromatic N) is 1. The number of aromatic nitrogens is 1. The maximum atomic E-state index is 11.2. The number of rotatable bonds is 4. The molecule has 0 aromatic carbocycles. The van der Waals surface area contributed by atoms with E-state index in [1.54, 1.807) is 0 Å². The Kier molecular flexibility index (Phi) is 2.96. The Morgan fingerprint density at radius 1 is 1.42 bits per heavy atom. The van der Waals surface area contributed by atoms with Gasteiger partial charge < -0.3 is 16.2 Å². The average molecular weight is 263 g/mol. The molecule has 0 radical (unpaired) electrons. The Labute approximate surface area is 113 Å². The number of nitrogens with two attached hydrogens (primary N) is 1. The van der Waals surface area contributed by atoms with E-state index in [0.717, 1.165) is 6.54 Å². The third-order valence-electron chi connectivity index (χ3n) is 4.93. The molecule has 104 valence electrons. The minimum Gasteiger partial charge on any atom is -0.478 e. The number of hydrogen-bond donors (Lipinski definition) is 3. The molecule has 1 aliphatic rings. The molecule has 0 saturated heterocycles. The third kappa shape index (κ3) is 2.13. The molecule has 1 heterocycles. The summed E-state index contributed by atoms with van der Waals surface area (Å²) >= 11 is 0. The van der Waals surface area contributed by atoms with Crippen LogP contribution in [0, 0.1) is 16.7 Å². The van der Waals surface area contributed by atoms with E-state index in [1.165, 1.54) is 12.3 Å². The van der Waals surface area contributed by atoms with Gasteiger partial charge in [0.2, 0.25) is 0 Å². The van der Waals surface area contributed by atoms with Crippen LogP contribution in [0.3, 0.4) is 0 Å². The van der Waals surface area contributed by atoms with Gasteiger partial charge in [0.1, 0.15) is 11.4 Å². The number of carboxylic acid groups (broad SMARTS) is 1. The third-order valence-corrected chi connectivity index (χ3v) is 4.93. The fourth-order valence-electron chi connectivity index (χ4n) is 2.83. The minimum atomic E-state index is -1.02. The van der Waals surface area contributed by atoms with Crippen molar-refractivity contribution in [3.8, 4) is 0 Å². The van der Waals surface area contributed by atoms with Gasteiger partial charge in [0.15, 0.2) is 0 Å². The van der Waals surface area contributed by atoms with Gasteiger partial charge in [-0.3, -0.25) is 0 Å². The fourth-order valence-corrected chi connectivity index (χ4v) is 2.83. The fraction of sp³-hybridized carbons (Fsp3) is 0.571. The van der Waals surface area contributed by atoms with Crippen molar-refractivity contribution in [3.63, 3.8) is 0 Å². The number of anilines is 2. The zero-order valence-electron chi connectivity index (χ0n) is 11.8. The summed E-state index contributed by atoms with van der Waals surface area (Å²) in [5, 5.41) is 12.3. The predicted molar refractivity (Wildman–Crippen MR) is 75.2 cm³/mol. The molecule has 2 rings (SSSR count). The lowest BCUT2D eigenvalue weighted by molar-refractivity contribution is 0.0697. The first-order chi connectivity index (χ1) is 8.68. The summed E-state index contributed by atoms with van der Waals surface area (Å²) < 4.78 is 0. The van der Waals surface area contributed by atoms with E-state index in [9.17, 15) is 4.79 Å². The van der Waals surface area contributed by atoms with Crippen molar-refractivity contribution in [3.05, 3.63) is 17.8 Å². The average Bonchev–Trinajstić information content (AvgIpc) is 2.68. The van der Waals surface area contributed by atoms with Crippen molar-refractivity contribution < 1.29 is 9.90 Å². The second-order valence-corrected chi connectivity index (χ2v) is 6.35. The molecular formula is C14H21N3O2. The van der Waals surface area contributed by atoms with Crippen LogP contribution in [0.4, 0.5) is 11.5 Å². The molecule has 0 amide bonds. The van der Waals surface area contributed by atoms with Gasteiger partial charge in [0.25, 0.3) is 0 Å². The van der Waals surface area contributed by atoms with Gasteiger partial charge in [-0.25, -0.2) is 9.78 Å². The maximum Gasteiger partial charge on any atom is 0.339 e. The van der Waals surface area contributed by atoms with Gasteiger partial charge in [-0.2, -0.15) is 0 Å². The molecule has 0 atom stereocenters. The van der Waals surface area contributed by atoms with Crippen LogP contribution >= 0.6 is 0 Å². The highest BCUT2D eigenvalue weighted by molar-refractivity contribution is 5.94. The molecule has 1 aliphatic carbocycles. The van der Waals surface area contributed by atoms with Gasteiger partial charge in [-0.1, -0.05) is 27.7 Å².